The van der Waals surface area contributed by atoms with Crippen LogP contribution in [-0.2, 0) is 17.5 Å². The summed E-state index contributed by atoms with van der Waals surface area (Å²) in [5.41, 5.74) is 0.648. The minimum absolute atomic E-state index is 0.0339. The van der Waals surface area contributed by atoms with Gasteiger partial charge in [-0.05, 0) is 49.8 Å². The number of morpholine rings is 1. The zero-order valence-electron chi connectivity index (χ0n) is 23.2. The molecular formula is C30H33F3N6O3. The van der Waals surface area contributed by atoms with Crippen molar-refractivity contribution in [3.63, 3.8) is 0 Å². The molecule has 1 aliphatic heterocycles. The average Bonchev–Trinajstić information content (AvgIpc) is 3.30. The zero-order chi connectivity index (χ0) is 29.4. The highest BCUT2D eigenvalue weighted by Gasteiger charge is 2.35. The Balaban J connectivity index is 1.49. The molecule has 0 bridgehead atoms. The van der Waals surface area contributed by atoms with Gasteiger partial charge in [-0.15, -0.1) is 0 Å². The Morgan fingerprint density at radius 2 is 1.95 bits per heavy atom. The maximum absolute atomic E-state index is 13.3. The highest BCUT2D eigenvalue weighted by atomic mass is 19.4. The Morgan fingerprint density at radius 3 is 2.60 bits per heavy atom. The predicted molar refractivity (Wildman–Crippen MR) is 152 cm³/mol. The number of nitrogens with one attached hydrogen (secondary N) is 1. The number of carboxylic acid groups (broad SMARTS) is 1. The lowest BCUT2D eigenvalue weighted by atomic mass is 9.80. The third-order valence-electron chi connectivity index (χ3n) is 8.55. The number of nitrogens with zero attached hydrogens (tertiary/aromatic N) is 5. The number of allylic oxidation sites excluding steroid dienone is 3. The van der Waals surface area contributed by atoms with Crippen LogP contribution in [-0.4, -0.2) is 62.4 Å². The molecule has 3 heterocycles. The van der Waals surface area contributed by atoms with Gasteiger partial charge < -0.3 is 24.6 Å². The standard InChI is InChI=1S/C30H33F3N6O3/c1-18(20-8-5-9-20)34-25-24-26(36-27(35-25)28(40)41)37-29(38-14-15-42-17-23(38)21-6-3-2-4-7-21)39(24)16-19-10-12-22(13-11-19)30(31,32)33/h2-4,6,10-13,18,20-21,23H,5,7-9,14-17H2,1H3,(H,40,41)(H,34,35,36)/t18-,21?,23-/m1/s1. The number of benzene rings is 1. The number of halogens is 3. The summed E-state index contributed by atoms with van der Waals surface area (Å²) in [5.74, 6) is -0.130. The van der Waals surface area contributed by atoms with Crippen LogP contribution in [0, 0.1) is 11.8 Å². The van der Waals surface area contributed by atoms with Crippen molar-refractivity contribution in [2.75, 3.05) is 30.0 Å². The number of alkyl halides is 3. The number of aromatic nitrogens is 4. The number of imidazole rings is 1. The number of fused-ring (bicyclic) bond motifs is 1. The van der Waals surface area contributed by atoms with Crippen molar-refractivity contribution in [1.82, 2.24) is 19.5 Å². The van der Waals surface area contributed by atoms with Crippen LogP contribution >= 0.6 is 0 Å². The summed E-state index contributed by atoms with van der Waals surface area (Å²) in [4.78, 5) is 27.8. The van der Waals surface area contributed by atoms with Crippen LogP contribution in [0.2, 0.25) is 0 Å². The molecule has 1 aromatic carbocycles. The summed E-state index contributed by atoms with van der Waals surface area (Å²) in [6, 6.07) is 5.04. The van der Waals surface area contributed by atoms with Gasteiger partial charge in [0, 0.05) is 18.5 Å². The summed E-state index contributed by atoms with van der Waals surface area (Å²) in [6.45, 7) is 3.73. The minimum atomic E-state index is -4.44. The Labute approximate surface area is 241 Å². The summed E-state index contributed by atoms with van der Waals surface area (Å²) in [6.07, 6.45) is 7.96. The largest absolute Gasteiger partial charge is 0.475 e. The fourth-order valence-corrected chi connectivity index (χ4v) is 5.96. The van der Waals surface area contributed by atoms with Gasteiger partial charge in [0.1, 0.15) is 5.52 Å². The molecule has 3 aliphatic rings. The first-order valence-electron chi connectivity index (χ1n) is 14.3. The van der Waals surface area contributed by atoms with E-state index in [2.05, 4.69) is 39.3 Å². The number of ether oxygens (including phenoxy) is 1. The highest BCUT2D eigenvalue weighted by Crippen LogP contribution is 2.36. The number of carbonyl (C=O) groups is 1. The third-order valence-corrected chi connectivity index (χ3v) is 8.55. The number of hydrogen-bond donors (Lipinski definition) is 2. The first-order chi connectivity index (χ1) is 20.2. The molecule has 2 fully saturated rings. The second-order valence-electron chi connectivity index (χ2n) is 11.2. The highest BCUT2D eigenvalue weighted by molar-refractivity contribution is 5.91. The van der Waals surface area contributed by atoms with Crippen LogP contribution < -0.4 is 10.2 Å². The van der Waals surface area contributed by atoms with Crippen molar-refractivity contribution >= 4 is 28.9 Å². The molecule has 2 aromatic heterocycles. The van der Waals surface area contributed by atoms with Gasteiger partial charge in [0.25, 0.3) is 0 Å². The van der Waals surface area contributed by atoms with Crippen LogP contribution in [0.5, 0.6) is 0 Å². The van der Waals surface area contributed by atoms with Gasteiger partial charge in [0.2, 0.25) is 11.8 Å². The molecule has 2 aliphatic carbocycles. The van der Waals surface area contributed by atoms with Crippen LogP contribution in [0.25, 0.3) is 11.2 Å². The Morgan fingerprint density at radius 1 is 1.17 bits per heavy atom. The minimum Gasteiger partial charge on any atom is -0.475 e. The van der Waals surface area contributed by atoms with E-state index in [9.17, 15) is 23.1 Å². The summed E-state index contributed by atoms with van der Waals surface area (Å²) in [5, 5.41) is 13.3. The van der Waals surface area contributed by atoms with Gasteiger partial charge in [0.15, 0.2) is 11.5 Å². The first kappa shape index (κ1) is 28.2. The molecule has 9 nitrogen and oxygen atoms in total. The van der Waals surface area contributed by atoms with E-state index in [1.807, 2.05) is 16.7 Å². The second-order valence-corrected chi connectivity index (χ2v) is 11.2. The first-order valence-corrected chi connectivity index (χ1v) is 14.3. The maximum Gasteiger partial charge on any atom is 0.416 e. The summed E-state index contributed by atoms with van der Waals surface area (Å²) < 4.78 is 47.7. The molecule has 6 rings (SSSR count). The van der Waals surface area contributed by atoms with E-state index >= 15 is 0 Å². The predicted octanol–water partition coefficient (Wildman–Crippen LogP) is 5.53. The molecule has 0 amide bonds. The SMILES string of the molecule is C[C@@H](Nc1nc(C(=O)O)nc2nc(N3CCOC[C@@H]3C3C=CC=CC3)n(Cc3ccc(C(F)(F)F)cc3)c12)C1CCC1. The lowest BCUT2D eigenvalue weighted by molar-refractivity contribution is -0.137. The van der Waals surface area contributed by atoms with Gasteiger partial charge in [-0.3, -0.25) is 0 Å². The van der Waals surface area contributed by atoms with E-state index in [-0.39, 0.29) is 36.0 Å². The van der Waals surface area contributed by atoms with Crippen LogP contribution in [0.3, 0.4) is 0 Å². The maximum atomic E-state index is 13.3. The van der Waals surface area contributed by atoms with Crippen molar-refractivity contribution in [3.8, 4) is 0 Å². The van der Waals surface area contributed by atoms with Crippen LogP contribution in [0.15, 0.2) is 48.6 Å². The Hall–Kier alpha value is -3.93. The Bertz CT molecular complexity index is 1510. The van der Waals surface area contributed by atoms with Gasteiger partial charge in [-0.25, -0.2) is 14.8 Å². The monoisotopic (exact) mass is 582 g/mol. The van der Waals surface area contributed by atoms with Gasteiger partial charge in [-0.1, -0.05) is 42.9 Å². The van der Waals surface area contributed by atoms with Gasteiger partial charge in [-0.2, -0.15) is 18.2 Å². The molecule has 2 N–H and O–H groups in total. The van der Waals surface area contributed by atoms with Gasteiger partial charge in [0.05, 0.1) is 31.4 Å². The molecule has 42 heavy (non-hydrogen) atoms. The topological polar surface area (TPSA) is 105 Å². The van der Waals surface area contributed by atoms with Crippen LogP contribution in [0.4, 0.5) is 24.9 Å². The van der Waals surface area contributed by atoms with Crippen molar-refractivity contribution in [3.05, 3.63) is 65.5 Å². The van der Waals surface area contributed by atoms with E-state index in [4.69, 9.17) is 9.72 Å². The lowest BCUT2D eigenvalue weighted by Crippen LogP contribution is -2.50. The summed E-state index contributed by atoms with van der Waals surface area (Å²) in [7, 11) is 0. The number of aromatic carboxylic acids is 1. The number of carboxylic acids is 1. The molecule has 1 saturated heterocycles. The quantitative estimate of drug-likeness (QED) is 0.357. The molecule has 12 heteroatoms. The Kier molecular flexibility index (Phi) is 7.65. The van der Waals surface area contributed by atoms with Crippen LogP contribution in [0.1, 0.15) is 54.4 Å². The molecule has 3 atom stereocenters. The lowest BCUT2D eigenvalue weighted by Gasteiger charge is -2.40. The molecule has 0 radical (unpaired) electrons. The normalized spacial score (nSPS) is 21.9. The number of anilines is 2. The van der Waals surface area contributed by atoms with Gasteiger partial charge >= 0.3 is 12.1 Å². The molecule has 3 aromatic rings. The fourth-order valence-electron chi connectivity index (χ4n) is 5.96. The third kappa shape index (κ3) is 5.59. The molecular weight excluding hydrogens is 549 g/mol. The van der Waals surface area contributed by atoms with E-state index in [0.29, 0.717) is 48.5 Å². The van der Waals surface area contributed by atoms with Crippen molar-refractivity contribution in [1.29, 1.82) is 0 Å². The number of hydrogen-bond acceptors (Lipinski definition) is 7. The molecule has 1 saturated carbocycles. The fraction of sp³-hybridized carbons (Fsp3) is 0.467. The van der Waals surface area contributed by atoms with E-state index in [0.717, 1.165) is 37.8 Å². The van der Waals surface area contributed by atoms with E-state index in [1.54, 1.807) is 0 Å². The smallest absolute Gasteiger partial charge is 0.416 e. The molecule has 1 unspecified atom stereocenters. The second kappa shape index (κ2) is 11.4. The average molecular weight is 583 g/mol. The van der Waals surface area contributed by atoms with E-state index < -0.39 is 17.7 Å². The number of rotatable bonds is 8. The zero-order valence-corrected chi connectivity index (χ0v) is 23.2. The molecule has 0 spiro atoms. The van der Waals surface area contributed by atoms with Crippen molar-refractivity contribution in [2.45, 2.75) is 57.4 Å². The van der Waals surface area contributed by atoms with Crippen molar-refractivity contribution in [2.24, 2.45) is 11.8 Å². The van der Waals surface area contributed by atoms with E-state index in [1.165, 1.54) is 12.1 Å². The summed E-state index contributed by atoms with van der Waals surface area (Å²) >= 11 is 0. The van der Waals surface area contributed by atoms with Crippen molar-refractivity contribution < 1.29 is 27.8 Å². The molecule has 222 valence electrons.